The third-order valence-electron chi connectivity index (χ3n) is 3.22. The number of carboxylic acids is 1. The third-order valence-corrected chi connectivity index (χ3v) is 3.22. The van der Waals surface area contributed by atoms with Crippen molar-refractivity contribution >= 4 is 22.7 Å². The lowest BCUT2D eigenvalue weighted by molar-refractivity contribution is 0.0697. The minimum Gasteiger partial charge on any atom is -0.478 e. The maximum atomic E-state index is 11.3. The third kappa shape index (κ3) is 2.37. The van der Waals surface area contributed by atoms with E-state index in [1.807, 2.05) is 24.3 Å². The molecule has 3 rings (SSSR count). The lowest BCUT2D eigenvalue weighted by Crippen LogP contribution is -2.21. The quantitative estimate of drug-likeness (QED) is 0.882. The number of hydrogen-bond donors (Lipinski definition) is 2. The van der Waals surface area contributed by atoms with Gasteiger partial charge in [-0.3, -0.25) is 0 Å². The summed E-state index contributed by atoms with van der Waals surface area (Å²) in [5.41, 5.74) is 0.986. The average Bonchev–Trinajstić information content (AvgIpc) is 2.90. The largest absolute Gasteiger partial charge is 0.478 e. The van der Waals surface area contributed by atoms with Crippen LogP contribution in [0.25, 0.3) is 10.9 Å². The molecule has 5 nitrogen and oxygen atoms in total. The molecule has 2 N–H and O–H groups in total. The van der Waals surface area contributed by atoms with E-state index in [0.717, 1.165) is 17.3 Å². The Bertz CT molecular complexity index is 621. The van der Waals surface area contributed by atoms with E-state index in [2.05, 4.69) is 10.3 Å². The smallest absolute Gasteiger partial charge is 0.339 e. The van der Waals surface area contributed by atoms with E-state index in [1.54, 1.807) is 6.07 Å². The number of benzene rings is 1. The summed E-state index contributed by atoms with van der Waals surface area (Å²) < 4.78 is 5.28. The highest BCUT2D eigenvalue weighted by Gasteiger charge is 2.20. The number of nitrogens with one attached hydrogen (secondary N) is 1. The average molecular weight is 258 g/mol. The second-order valence-corrected chi connectivity index (χ2v) is 4.59. The van der Waals surface area contributed by atoms with Crippen LogP contribution in [0.4, 0.5) is 5.82 Å². The van der Waals surface area contributed by atoms with Crippen molar-refractivity contribution in [3.05, 3.63) is 35.9 Å². The van der Waals surface area contributed by atoms with Gasteiger partial charge in [-0.15, -0.1) is 0 Å². The fourth-order valence-electron chi connectivity index (χ4n) is 2.23. The minimum absolute atomic E-state index is 0.131. The molecule has 1 aliphatic heterocycles. The van der Waals surface area contributed by atoms with Gasteiger partial charge in [0.1, 0.15) is 11.4 Å². The van der Waals surface area contributed by atoms with Crippen LogP contribution in [0.15, 0.2) is 30.3 Å². The fourth-order valence-corrected chi connectivity index (χ4v) is 2.23. The van der Waals surface area contributed by atoms with Gasteiger partial charge in [0.15, 0.2) is 0 Å². The predicted molar refractivity (Wildman–Crippen MR) is 71.5 cm³/mol. The van der Waals surface area contributed by atoms with Crippen LogP contribution in [0.2, 0.25) is 0 Å². The Morgan fingerprint density at radius 2 is 2.26 bits per heavy atom. The lowest BCUT2D eigenvalue weighted by atomic mass is 10.1. The highest BCUT2D eigenvalue weighted by molar-refractivity contribution is 5.98. The van der Waals surface area contributed by atoms with Crippen LogP contribution in [0.1, 0.15) is 16.8 Å². The van der Waals surface area contributed by atoms with Crippen molar-refractivity contribution < 1.29 is 14.6 Å². The Kier molecular flexibility index (Phi) is 3.05. The molecule has 0 saturated carbocycles. The highest BCUT2D eigenvalue weighted by Crippen LogP contribution is 2.22. The van der Waals surface area contributed by atoms with Crippen molar-refractivity contribution in [2.75, 3.05) is 18.5 Å². The van der Waals surface area contributed by atoms with Crippen LogP contribution in [0.5, 0.6) is 0 Å². The molecule has 19 heavy (non-hydrogen) atoms. The molecule has 98 valence electrons. The van der Waals surface area contributed by atoms with Crippen molar-refractivity contribution in [1.82, 2.24) is 4.98 Å². The summed E-state index contributed by atoms with van der Waals surface area (Å²) in [5.74, 6) is -0.554. The molecule has 5 heteroatoms. The van der Waals surface area contributed by atoms with E-state index in [4.69, 9.17) is 4.74 Å². The van der Waals surface area contributed by atoms with Crippen LogP contribution < -0.4 is 5.32 Å². The Labute approximate surface area is 110 Å². The van der Waals surface area contributed by atoms with E-state index in [0.29, 0.717) is 19.0 Å². The summed E-state index contributed by atoms with van der Waals surface area (Å²) in [4.78, 5) is 15.7. The summed E-state index contributed by atoms with van der Waals surface area (Å²) in [6, 6.07) is 9.27. The number of aromatic carboxylic acids is 1. The number of para-hydroxylation sites is 1. The summed E-state index contributed by atoms with van der Waals surface area (Å²) in [5, 5.41) is 13.3. The minimum atomic E-state index is -0.973. The first-order valence-electron chi connectivity index (χ1n) is 6.21. The number of fused-ring (bicyclic) bond motifs is 1. The second kappa shape index (κ2) is 4.85. The lowest BCUT2D eigenvalue weighted by Gasteiger charge is -2.14. The van der Waals surface area contributed by atoms with Gasteiger partial charge >= 0.3 is 5.97 Å². The molecule has 0 aliphatic carbocycles. The van der Waals surface area contributed by atoms with Gasteiger partial charge in [0.25, 0.3) is 0 Å². The zero-order chi connectivity index (χ0) is 13.2. The number of ether oxygens (including phenoxy) is 1. The first kappa shape index (κ1) is 11.9. The Morgan fingerprint density at radius 3 is 3.00 bits per heavy atom. The number of aromatic nitrogens is 1. The molecular formula is C14H14N2O3. The van der Waals surface area contributed by atoms with E-state index >= 15 is 0 Å². The number of pyridine rings is 1. The molecule has 0 radical (unpaired) electrons. The number of hydrogen-bond acceptors (Lipinski definition) is 4. The number of nitrogens with zero attached hydrogens (tertiary/aromatic N) is 1. The Morgan fingerprint density at radius 1 is 1.42 bits per heavy atom. The van der Waals surface area contributed by atoms with Gasteiger partial charge in [0, 0.05) is 12.0 Å². The molecule has 1 unspecified atom stereocenters. The van der Waals surface area contributed by atoms with Gasteiger partial charge in [0.2, 0.25) is 0 Å². The zero-order valence-corrected chi connectivity index (χ0v) is 10.3. The standard InChI is InChI=1S/C14H14N2O3/c17-14(18)11-7-9-3-1-2-4-12(9)16-13(11)15-10-5-6-19-8-10/h1-4,7,10H,5-6,8H2,(H,15,16)(H,17,18). The molecule has 1 saturated heterocycles. The molecule has 1 aromatic heterocycles. The Hall–Kier alpha value is -2.14. The maximum absolute atomic E-state index is 11.3. The molecule has 1 aliphatic rings. The van der Waals surface area contributed by atoms with Gasteiger partial charge in [-0.25, -0.2) is 9.78 Å². The molecular weight excluding hydrogens is 244 g/mol. The monoisotopic (exact) mass is 258 g/mol. The van der Waals surface area contributed by atoms with Crippen LogP contribution >= 0.6 is 0 Å². The summed E-state index contributed by atoms with van der Waals surface area (Å²) in [6.07, 6.45) is 0.869. The van der Waals surface area contributed by atoms with Gasteiger partial charge in [-0.05, 0) is 18.6 Å². The SMILES string of the molecule is O=C(O)c1cc2ccccc2nc1NC1CCOC1. The first-order chi connectivity index (χ1) is 9.24. The maximum Gasteiger partial charge on any atom is 0.339 e. The van der Waals surface area contributed by atoms with E-state index in [-0.39, 0.29) is 11.6 Å². The topological polar surface area (TPSA) is 71.5 Å². The number of rotatable bonds is 3. The molecule has 2 heterocycles. The summed E-state index contributed by atoms with van der Waals surface area (Å²) >= 11 is 0. The zero-order valence-electron chi connectivity index (χ0n) is 10.3. The summed E-state index contributed by atoms with van der Waals surface area (Å²) in [6.45, 7) is 1.29. The molecule has 0 amide bonds. The second-order valence-electron chi connectivity index (χ2n) is 4.59. The first-order valence-corrected chi connectivity index (χ1v) is 6.21. The van der Waals surface area contributed by atoms with Gasteiger partial charge in [0.05, 0.1) is 18.2 Å². The summed E-state index contributed by atoms with van der Waals surface area (Å²) in [7, 11) is 0. The van der Waals surface area contributed by atoms with Gasteiger partial charge in [-0.2, -0.15) is 0 Å². The van der Waals surface area contributed by atoms with E-state index in [9.17, 15) is 9.90 Å². The van der Waals surface area contributed by atoms with Gasteiger partial charge in [-0.1, -0.05) is 18.2 Å². The predicted octanol–water partition coefficient (Wildman–Crippen LogP) is 2.13. The van der Waals surface area contributed by atoms with Crippen molar-refractivity contribution in [2.24, 2.45) is 0 Å². The van der Waals surface area contributed by atoms with Crippen molar-refractivity contribution in [3.8, 4) is 0 Å². The molecule has 1 fully saturated rings. The number of carbonyl (C=O) groups is 1. The molecule has 0 spiro atoms. The van der Waals surface area contributed by atoms with Crippen molar-refractivity contribution in [3.63, 3.8) is 0 Å². The highest BCUT2D eigenvalue weighted by atomic mass is 16.5. The van der Waals surface area contributed by atoms with Crippen LogP contribution in [0.3, 0.4) is 0 Å². The van der Waals surface area contributed by atoms with E-state index < -0.39 is 5.97 Å². The molecule has 0 bridgehead atoms. The number of carboxylic acid groups (broad SMARTS) is 1. The normalized spacial score (nSPS) is 18.6. The Balaban J connectivity index is 2.04. The van der Waals surface area contributed by atoms with Crippen LogP contribution in [0, 0.1) is 0 Å². The number of anilines is 1. The van der Waals surface area contributed by atoms with Crippen LogP contribution in [-0.2, 0) is 4.74 Å². The molecule has 2 aromatic rings. The molecule has 1 atom stereocenters. The molecule has 1 aromatic carbocycles. The van der Waals surface area contributed by atoms with Crippen molar-refractivity contribution in [1.29, 1.82) is 0 Å². The fraction of sp³-hybridized carbons (Fsp3) is 0.286. The van der Waals surface area contributed by atoms with Gasteiger partial charge < -0.3 is 15.2 Å². The van der Waals surface area contributed by atoms with Crippen molar-refractivity contribution in [2.45, 2.75) is 12.5 Å². The van der Waals surface area contributed by atoms with Crippen LogP contribution in [-0.4, -0.2) is 35.3 Å². The van der Waals surface area contributed by atoms with E-state index in [1.165, 1.54) is 0 Å².